The van der Waals surface area contributed by atoms with E-state index >= 15 is 0 Å². The molecular weight excluding hydrogens is 298 g/mol. The maximum Gasteiger partial charge on any atom is 0.217 e. The van der Waals surface area contributed by atoms with Crippen molar-refractivity contribution in [3.8, 4) is 5.69 Å². The number of hydrogen-bond donors (Lipinski definition) is 0. The van der Waals surface area contributed by atoms with E-state index in [9.17, 15) is 4.79 Å². The van der Waals surface area contributed by atoms with Gasteiger partial charge in [0.05, 0.1) is 5.54 Å². The normalized spacial score (nSPS) is 33.6. The van der Waals surface area contributed by atoms with Crippen molar-refractivity contribution >= 4 is 12.4 Å². The lowest BCUT2D eigenvalue weighted by atomic mass is 9.52. The summed E-state index contributed by atoms with van der Waals surface area (Å²) in [5.41, 5.74) is 1.05. The molecule has 2 aromatic rings. The fourth-order valence-corrected chi connectivity index (χ4v) is 5.99. The largest absolute Gasteiger partial charge is 0.286 e. The molecule has 0 atom stereocenters. The minimum atomic E-state index is -0.00557. The number of rotatable bonds is 4. The minimum Gasteiger partial charge on any atom is -0.286 e. The van der Waals surface area contributed by atoms with Crippen LogP contribution >= 0.6 is 0 Å². The molecule has 4 bridgehead atoms. The highest BCUT2D eigenvalue weighted by molar-refractivity contribution is 5.75. The van der Waals surface area contributed by atoms with Crippen LogP contribution in [0.15, 0.2) is 42.7 Å². The van der Waals surface area contributed by atoms with Gasteiger partial charge in [-0.15, -0.1) is 0 Å². The first-order chi connectivity index (χ1) is 11.8. The molecule has 24 heavy (non-hydrogen) atoms. The van der Waals surface area contributed by atoms with Crippen molar-refractivity contribution in [1.29, 1.82) is 0 Å². The van der Waals surface area contributed by atoms with Crippen molar-refractivity contribution in [1.82, 2.24) is 9.55 Å². The molecule has 0 N–H and O–H groups in total. The van der Waals surface area contributed by atoms with Gasteiger partial charge < -0.3 is 0 Å². The molecule has 4 aliphatic carbocycles. The van der Waals surface area contributed by atoms with Crippen LogP contribution < -0.4 is 4.90 Å². The van der Waals surface area contributed by atoms with Gasteiger partial charge in [0.2, 0.25) is 12.4 Å². The van der Waals surface area contributed by atoms with Crippen LogP contribution in [0.2, 0.25) is 0 Å². The Balaban J connectivity index is 1.56. The van der Waals surface area contributed by atoms with E-state index in [2.05, 4.69) is 17.1 Å². The molecule has 1 heterocycles. The van der Waals surface area contributed by atoms with Crippen LogP contribution in [0.1, 0.15) is 38.5 Å². The molecule has 4 heteroatoms. The lowest BCUT2D eigenvalue weighted by molar-refractivity contribution is -0.111. The first-order valence-electron chi connectivity index (χ1n) is 9.11. The number of imidazole rings is 1. The van der Waals surface area contributed by atoms with Gasteiger partial charge in [0.25, 0.3) is 0 Å². The maximum atomic E-state index is 12.2. The second-order valence-electron chi connectivity index (χ2n) is 8.05. The molecule has 0 spiro atoms. The molecule has 4 fully saturated rings. The predicted molar refractivity (Wildman–Crippen MR) is 93.0 cm³/mol. The third-order valence-electron chi connectivity index (χ3n) is 6.49. The summed E-state index contributed by atoms with van der Waals surface area (Å²) in [6, 6.07) is 10.2. The van der Waals surface area contributed by atoms with Crippen molar-refractivity contribution in [3.63, 3.8) is 0 Å². The Morgan fingerprint density at radius 3 is 2.25 bits per heavy atom. The second-order valence-corrected chi connectivity index (χ2v) is 8.05. The summed E-state index contributed by atoms with van der Waals surface area (Å²) in [5, 5.41) is 0. The Bertz CT molecular complexity index is 716. The zero-order valence-electron chi connectivity index (χ0n) is 13.8. The molecule has 1 aromatic heterocycles. The van der Waals surface area contributed by atoms with E-state index in [4.69, 9.17) is 0 Å². The van der Waals surface area contributed by atoms with E-state index in [0.717, 1.165) is 55.1 Å². The zero-order chi connectivity index (χ0) is 16.1. The Morgan fingerprint density at radius 2 is 1.67 bits per heavy atom. The van der Waals surface area contributed by atoms with Gasteiger partial charge in [0.15, 0.2) is 0 Å². The number of hydrogen-bond acceptors (Lipinski definition) is 2. The van der Waals surface area contributed by atoms with Gasteiger partial charge in [-0.2, -0.15) is 0 Å². The van der Waals surface area contributed by atoms with Crippen molar-refractivity contribution < 1.29 is 4.79 Å². The number of amides is 1. The number of nitrogens with zero attached hydrogens (tertiary/aromatic N) is 3. The van der Waals surface area contributed by atoms with Crippen LogP contribution in [0.5, 0.6) is 0 Å². The van der Waals surface area contributed by atoms with Crippen LogP contribution in [-0.4, -0.2) is 21.5 Å². The first-order valence-corrected chi connectivity index (χ1v) is 9.11. The van der Waals surface area contributed by atoms with Crippen LogP contribution in [-0.2, 0) is 4.79 Å². The minimum absolute atomic E-state index is 0.00557. The molecule has 0 saturated heterocycles. The maximum absolute atomic E-state index is 12.2. The Kier molecular flexibility index (Phi) is 3.09. The Hall–Kier alpha value is -2.10. The summed E-state index contributed by atoms with van der Waals surface area (Å²) in [4.78, 5) is 18.7. The predicted octanol–water partition coefficient (Wildman–Crippen LogP) is 3.80. The van der Waals surface area contributed by atoms with E-state index in [-0.39, 0.29) is 5.54 Å². The van der Waals surface area contributed by atoms with Gasteiger partial charge in [0.1, 0.15) is 0 Å². The van der Waals surface area contributed by atoms with E-state index in [0.29, 0.717) is 0 Å². The van der Waals surface area contributed by atoms with Crippen LogP contribution in [0.4, 0.5) is 5.95 Å². The highest BCUT2D eigenvalue weighted by atomic mass is 16.1. The summed E-state index contributed by atoms with van der Waals surface area (Å²) in [7, 11) is 0. The third-order valence-corrected chi connectivity index (χ3v) is 6.49. The number of benzene rings is 1. The molecule has 0 radical (unpaired) electrons. The molecule has 6 rings (SSSR count). The van der Waals surface area contributed by atoms with Crippen molar-refractivity contribution in [2.24, 2.45) is 17.8 Å². The van der Waals surface area contributed by atoms with E-state index in [1.54, 1.807) is 6.20 Å². The van der Waals surface area contributed by atoms with Crippen molar-refractivity contribution in [2.45, 2.75) is 44.1 Å². The molecule has 1 aromatic carbocycles. The Labute approximate surface area is 142 Å². The lowest BCUT2D eigenvalue weighted by Gasteiger charge is -2.59. The summed E-state index contributed by atoms with van der Waals surface area (Å²) in [6.45, 7) is 0. The number of aromatic nitrogens is 2. The van der Waals surface area contributed by atoms with Gasteiger partial charge in [-0.1, -0.05) is 18.2 Å². The van der Waals surface area contributed by atoms with E-state index in [1.807, 2.05) is 33.9 Å². The van der Waals surface area contributed by atoms with E-state index < -0.39 is 0 Å². The standard InChI is InChI=1S/C20H23N3O/c24-14-23(19-21-6-7-22(19)18-4-2-1-3-5-18)20-11-15-8-16(12-20)10-17(9-15)13-20/h1-7,14-17H,8-13H2. The summed E-state index contributed by atoms with van der Waals surface area (Å²) in [5.74, 6) is 3.19. The molecule has 0 aliphatic heterocycles. The molecule has 0 unspecified atom stereocenters. The summed E-state index contributed by atoms with van der Waals surface area (Å²) >= 11 is 0. The van der Waals surface area contributed by atoms with Crippen molar-refractivity contribution in [3.05, 3.63) is 42.7 Å². The van der Waals surface area contributed by atoms with Gasteiger partial charge in [-0.05, 0) is 68.4 Å². The van der Waals surface area contributed by atoms with E-state index in [1.165, 1.54) is 19.3 Å². The van der Waals surface area contributed by atoms with Gasteiger partial charge in [-0.3, -0.25) is 14.3 Å². The molecule has 4 saturated carbocycles. The molecule has 4 aliphatic rings. The van der Waals surface area contributed by atoms with Gasteiger partial charge >= 0.3 is 0 Å². The third kappa shape index (κ3) is 2.05. The molecule has 124 valence electrons. The van der Waals surface area contributed by atoms with Crippen LogP contribution in [0, 0.1) is 17.8 Å². The monoisotopic (exact) mass is 321 g/mol. The SMILES string of the molecule is O=CN(c1nccn1-c1ccccc1)C12CC3CC(CC(C3)C1)C2. The summed E-state index contributed by atoms with van der Waals surface area (Å²) in [6.07, 6.45) is 12.4. The quantitative estimate of drug-likeness (QED) is 0.803. The molecule has 4 nitrogen and oxygen atoms in total. The Morgan fingerprint density at radius 1 is 1.04 bits per heavy atom. The average molecular weight is 321 g/mol. The van der Waals surface area contributed by atoms with Crippen LogP contribution in [0.3, 0.4) is 0 Å². The van der Waals surface area contributed by atoms with Crippen LogP contribution in [0.25, 0.3) is 5.69 Å². The highest BCUT2D eigenvalue weighted by Crippen LogP contribution is 2.58. The number of carbonyl (C=O) groups excluding carboxylic acids is 1. The first kappa shape index (κ1) is 14.3. The number of anilines is 1. The fraction of sp³-hybridized carbons (Fsp3) is 0.500. The fourth-order valence-electron chi connectivity index (χ4n) is 5.99. The highest BCUT2D eigenvalue weighted by Gasteiger charge is 2.54. The zero-order valence-corrected chi connectivity index (χ0v) is 13.8. The molecular formula is C20H23N3O. The number of carbonyl (C=O) groups is 1. The van der Waals surface area contributed by atoms with Gasteiger partial charge in [0, 0.05) is 18.1 Å². The number of para-hydroxylation sites is 1. The molecule has 1 amide bonds. The topological polar surface area (TPSA) is 38.1 Å². The van der Waals surface area contributed by atoms with Gasteiger partial charge in [-0.25, -0.2) is 4.98 Å². The van der Waals surface area contributed by atoms with Crippen molar-refractivity contribution in [2.75, 3.05) is 4.90 Å². The summed E-state index contributed by atoms with van der Waals surface area (Å²) < 4.78 is 2.05. The smallest absolute Gasteiger partial charge is 0.217 e. The average Bonchev–Trinajstić information content (AvgIpc) is 3.04. The second kappa shape index (κ2) is 5.20. The lowest BCUT2D eigenvalue weighted by Crippen LogP contribution is -2.60.